The zero-order chi connectivity index (χ0) is 17.4. The Labute approximate surface area is 148 Å². The first-order chi connectivity index (χ1) is 12.2. The number of nitrogens with zero attached hydrogens (tertiary/aromatic N) is 2. The lowest BCUT2D eigenvalue weighted by Gasteiger charge is -2.04. The maximum Gasteiger partial charge on any atom is 0.274 e. The molecule has 0 unspecified atom stereocenters. The molecule has 0 fully saturated rings. The fourth-order valence-corrected chi connectivity index (χ4v) is 4.13. The highest BCUT2D eigenvalue weighted by molar-refractivity contribution is 7.14. The number of hydrogen-bond acceptors (Lipinski definition) is 4. The molecule has 0 aliphatic heterocycles. The van der Waals surface area contributed by atoms with Gasteiger partial charge in [-0.1, -0.05) is 30.3 Å². The van der Waals surface area contributed by atoms with Crippen LogP contribution in [0.1, 0.15) is 11.3 Å². The number of ether oxygens (including phenoxy) is 1. The molecule has 0 saturated heterocycles. The third-order valence-electron chi connectivity index (χ3n) is 4.22. The number of nitrogens with one attached hydrogen (secondary N) is 1. The first-order valence-corrected chi connectivity index (χ1v) is 8.79. The van der Waals surface area contributed by atoms with Crippen LogP contribution < -0.4 is 5.56 Å². The molecule has 6 heteroatoms. The molecule has 0 spiro atoms. The van der Waals surface area contributed by atoms with E-state index in [1.54, 1.807) is 24.6 Å². The minimum Gasteiger partial charge on any atom is -0.378 e. The number of rotatable bonds is 4. The van der Waals surface area contributed by atoms with Crippen LogP contribution in [0, 0.1) is 6.92 Å². The molecule has 0 atom stereocenters. The number of aromatic amines is 1. The summed E-state index contributed by atoms with van der Waals surface area (Å²) in [5, 5.41) is 6.41. The molecule has 126 valence electrons. The van der Waals surface area contributed by atoms with Gasteiger partial charge >= 0.3 is 0 Å². The number of H-pyrrole nitrogens is 1. The Bertz CT molecular complexity index is 1090. The third-order valence-corrected chi connectivity index (χ3v) is 5.34. The second-order valence-electron chi connectivity index (χ2n) is 5.85. The highest BCUT2D eigenvalue weighted by Crippen LogP contribution is 2.38. The Balaban J connectivity index is 1.88. The number of hydrogen-bond donors (Lipinski definition) is 1. The molecular weight excluding hydrogens is 334 g/mol. The molecule has 1 aromatic carbocycles. The molecule has 4 aromatic rings. The van der Waals surface area contributed by atoms with Crippen molar-refractivity contribution >= 4 is 17.0 Å². The molecule has 3 heterocycles. The van der Waals surface area contributed by atoms with Gasteiger partial charge in [0.2, 0.25) is 0 Å². The van der Waals surface area contributed by atoms with Gasteiger partial charge in [0.25, 0.3) is 5.56 Å². The van der Waals surface area contributed by atoms with Gasteiger partial charge in [-0.2, -0.15) is 9.61 Å². The Hall–Kier alpha value is -2.70. The molecule has 1 N–H and O–H groups in total. The number of thiophene rings is 1. The monoisotopic (exact) mass is 351 g/mol. The lowest BCUT2D eigenvalue weighted by Crippen LogP contribution is -2.15. The summed E-state index contributed by atoms with van der Waals surface area (Å²) in [6, 6.07) is 11.8. The molecule has 0 radical (unpaired) electrons. The second-order valence-corrected chi connectivity index (χ2v) is 6.73. The lowest BCUT2D eigenvalue weighted by molar-refractivity contribution is 0.181. The summed E-state index contributed by atoms with van der Waals surface area (Å²) in [7, 11) is 1.61. The SMILES string of the molecule is COCc1cc(=O)n2ncc(-c3scc(-c4ccccc4)c3C)c2[nH]1. The summed E-state index contributed by atoms with van der Waals surface area (Å²) in [5.74, 6) is 0. The molecule has 3 aromatic heterocycles. The molecule has 25 heavy (non-hydrogen) atoms. The van der Waals surface area contributed by atoms with Crippen LogP contribution in [0.3, 0.4) is 0 Å². The number of fused-ring (bicyclic) bond motifs is 1. The van der Waals surface area contributed by atoms with E-state index in [1.807, 2.05) is 18.2 Å². The van der Waals surface area contributed by atoms with E-state index < -0.39 is 0 Å². The van der Waals surface area contributed by atoms with Crippen LogP contribution in [0.4, 0.5) is 0 Å². The van der Waals surface area contributed by atoms with Gasteiger partial charge in [0.15, 0.2) is 0 Å². The summed E-state index contributed by atoms with van der Waals surface area (Å²) in [4.78, 5) is 16.6. The van der Waals surface area contributed by atoms with Crippen molar-refractivity contribution < 1.29 is 4.74 Å². The van der Waals surface area contributed by atoms with Gasteiger partial charge < -0.3 is 9.72 Å². The summed E-state index contributed by atoms with van der Waals surface area (Å²) >= 11 is 1.66. The van der Waals surface area contributed by atoms with Crippen LogP contribution in [-0.4, -0.2) is 21.7 Å². The maximum atomic E-state index is 12.3. The van der Waals surface area contributed by atoms with Crippen LogP contribution >= 0.6 is 11.3 Å². The van der Waals surface area contributed by atoms with Crippen molar-refractivity contribution in [3.63, 3.8) is 0 Å². The summed E-state index contributed by atoms with van der Waals surface area (Å²) in [6.45, 7) is 2.46. The lowest BCUT2D eigenvalue weighted by atomic mass is 10.0. The molecule has 0 bridgehead atoms. The molecule has 0 aliphatic carbocycles. The highest BCUT2D eigenvalue weighted by atomic mass is 32.1. The Morgan fingerprint density at radius 3 is 2.80 bits per heavy atom. The van der Waals surface area contributed by atoms with Crippen molar-refractivity contribution in [1.82, 2.24) is 14.6 Å². The Kier molecular flexibility index (Phi) is 3.99. The maximum absolute atomic E-state index is 12.3. The fourth-order valence-electron chi connectivity index (χ4n) is 3.02. The van der Waals surface area contributed by atoms with E-state index in [0.717, 1.165) is 16.1 Å². The summed E-state index contributed by atoms with van der Waals surface area (Å²) < 4.78 is 6.54. The van der Waals surface area contributed by atoms with E-state index in [2.05, 4.69) is 34.5 Å². The molecule has 4 rings (SSSR count). The standard InChI is InChI=1S/C19H17N3O2S/c1-12-16(13-6-4-3-5-7-13)11-25-18(12)15-9-20-22-17(23)8-14(10-24-2)21-19(15)22/h3-9,11,21H,10H2,1-2H3. The fraction of sp³-hybridized carbons (Fsp3) is 0.158. The average molecular weight is 351 g/mol. The van der Waals surface area contributed by atoms with Gasteiger partial charge in [-0.05, 0) is 29.0 Å². The Morgan fingerprint density at radius 2 is 2.04 bits per heavy atom. The van der Waals surface area contributed by atoms with E-state index in [4.69, 9.17) is 4.74 Å². The second kappa shape index (κ2) is 6.31. The summed E-state index contributed by atoms with van der Waals surface area (Å²) in [6.07, 6.45) is 1.75. The summed E-state index contributed by atoms with van der Waals surface area (Å²) in [5.41, 5.74) is 5.78. The smallest absolute Gasteiger partial charge is 0.274 e. The van der Waals surface area contributed by atoms with Crippen LogP contribution in [0.5, 0.6) is 0 Å². The van der Waals surface area contributed by atoms with Crippen molar-refractivity contribution in [3.8, 4) is 21.6 Å². The minimum atomic E-state index is -0.162. The van der Waals surface area contributed by atoms with Crippen molar-refractivity contribution in [2.75, 3.05) is 7.11 Å². The number of methoxy groups -OCH3 is 1. The van der Waals surface area contributed by atoms with Crippen molar-refractivity contribution in [2.24, 2.45) is 0 Å². The van der Waals surface area contributed by atoms with Crippen LogP contribution in [0.2, 0.25) is 0 Å². The van der Waals surface area contributed by atoms with E-state index in [0.29, 0.717) is 12.3 Å². The largest absolute Gasteiger partial charge is 0.378 e. The average Bonchev–Trinajstić information content (AvgIpc) is 3.20. The first-order valence-electron chi connectivity index (χ1n) is 7.92. The van der Waals surface area contributed by atoms with Crippen molar-refractivity contribution in [1.29, 1.82) is 0 Å². The zero-order valence-corrected chi connectivity index (χ0v) is 14.8. The predicted octanol–water partition coefficient (Wildman–Crippen LogP) is 3.87. The third kappa shape index (κ3) is 2.69. The number of aromatic nitrogens is 3. The van der Waals surface area contributed by atoms with E-state index in [-0.39, 0.29) is 5.56 Å². The van der Waals surface area contributed by atoms with E-state index in [9.17, 15) is 4.79 Å². The van der Waals surface area contributed by atoms with E-state index >= 15 is 0 Å². The predicted molar refractivity (Wildman–Crippen MR) is 100 cm³/mol. The van der Waals surface area contributed by atoms with Crippen molar-refractivity contribution in [3.05, 3.63) is 69.6 Å². The van der Waals surface area contributed by atoms with Gasteiger partial charge in [-0.3, -0.25) is 4.79 Å². The minimum absolute atomic E-state index is 0.162. The van der Waals surface area contributed by atoms with Gasteiger partial charge in [-0.25, -0.2) is 0 Å². The van der Waals surface area contributed by atoms with Crippen LogP contribution in [0.15, 0.2) is 52.8 Å². The first kappa shape index (κ1) is 15.8. The molecule has 0 saturated carbocycles. The zero-order valence-electron chi connectivity index (χ0n) is 13.9. The molecule has 5 nitrogen and oxygen atoms in total. The van der Waals surface area contributed by atoms with Gasteiger partial charge in [0.1, 0.15) is 5.65 Å². The van der Waals surface area contributed by atoms with Gasteiger partial charge in [0, 0.05) is 23.7 Å². The number of benzene rings is 1. The molecule has 0 amide bonds. The molecule has 0 aliphatic rings. The quantitative estimate of drug-likeness (QED) is 0.607. The van der Waals surface area contributed by atoms with Crippen LogP contribution in [0.25, 0.3) is 27.2 Å². The van der Waals surface area contributed by atoms with E-state index in [1.165, 1.54) is 27.3 Å². The normalized spacial score (nSPS) is 11.3. The van der Waals surface area contributed by atoms with Crippen LogP contribution in [-0.2, 0) is 11.3 Å². The van der Waals surface area contributed by atoms with Crippen molar-refractivity contribution in [2.45, 2.75) is 13.5 Å². The topological polar surface area (TPSA) is 59.4 Å². The highest BCUT2D eigenvalue weighted by Gasteiger charge is 2.16. The Morgan fingerprint density at radius 1 is 1.24 bits per heavy atom. The van der Waals surface area contributed by atoms with Gasteiger partial charge in [-0.15, -0.1) is 11.3 Å². The van der Waals surface area contributed by atoms with Gasteiger partial charge in [0.05, 0.1) is 18.4 Å². The molecular formula is C19H17N3O2S.